The van der Waals surface area contributed by atoms with Gasteiger partial charge in [-0.2, -0.15) is 0 Å². The zero-order valence-electron chi connectivity index (χ0n) is 15.3. The molecule has 0 spiro atoms. The van der Waals surface area contributed by atoms with Crippen molar-refractivity contribution in [2.24, 2.45) is 5.92 Å². The van der Waals surface area contributed by atoms with Gasteiger partial charge in [-0.15, -0.1) is 0 Å². The van der Waals surface area contributed by atoms with E-state index < -0.39 is 0 Å². The number of carbonyl (C=O) groups is 2. The van der Waals surface area contributed by atoms with Crippen molar-refractivity contribution in [3.8, 4) is 0 Å². The number of rotatable bonds is 4. The van der Waals surface area contributed by atoms with Gasteiger partial charge < -0.3 is 10.6 Å². The van der Waals surface area contributed by atoms with Crippen LogP contribution in [0.15, 0.2) is 42.5 Å². The van der Waals surface area contributed by atoms with Gasteiger partial charge in [0, 0.05) is 22.9 Å². The lowest BCUT2D eigenvalue weighted by atomic mass is 10.1. The van der Waals surface area contributed by atoms with Gasteiger partial charge >= 0.3 is 0 Å². The van der Waals surface area contributed by atoms with Crippen molar-refractivity contribution in [3.63, 3.8) is 0 Å². The van der Waals surface area contributed by atoms with E-state index in [1.807, 2.05) is 39.8 Å². The first-order chi connectivity index (χ1) is 12.3. The summed E-state index contributed by atoms with van der Waals surface area (Å²) in [5.41, 5.74) is 4.17. The lowest BCUT2D eigenvalue weighted by molar-refractivity contribution is -0.118. The number of amides is 2. The minimum Gasteiger partial charge on any atom is -0.332 e. The molecule has 2 amide bonds. The molecule has 0 radical (unpaired) electrons. The Hall–Kier alpha value is -2.73. The second-order valence-electron chi connectivity index (χ2n) is 6.43. The van der Waals surface area contributed by atoms with E-state index in [2.05, 4.69) is 16.0 Å². The molecule has 2 rings (SSSR count). The van der Waals surface area contributed by atoms with Gasteiger partial charge in [0.1, 0.15) is 0 Å². The number of nitrogens with one attached hydrogen (secondary N) is 3. The van der Waals surface area contributed by atoms with Crippen molar-refractivity contribution in [1.82, 2.24) is 5.32 Å². The van der Waals surface area contributed by atoms with Crippen molar-refractivity contribution in [2.75, 3.05) is 10.6 Å². The summed E-state index contributed by atoms with van der Waals surface area (Å²) in [4.78, 5) is 23.9. The van der Waals surface area contributed by atoms with Crippen molar-refractivity contribution < 1.29 is 9.59 Å². The highest BCUT2D eigenvalue weighted by Gasteiger charge is 2.10. The van der Waals surface area contributed by atoms with Crippen LogP contribution in [0, 0.1) is 19.8 Å². The molecule has 0 fully saturated rings. The summed E-state index contributed by atoms with van der Waals surface area (Å²) in [6.07, 6.45) is 0. The molecule has 26 heavy (non-hydrogen) atoms. The Morgan fingerprint density at radius 3 is 2.00 bits per heavy atom. The standard InChI is InChI=1S/C20H23N3O2S/c1-12(2)18(24)21-16-7-9-17(10-8-16)22-20(26)23-19(25)15-6-5-13(3)14(4)11-15/h5-12H,1-4H3,(H,21,24)(H2,22,23,25,26). The fourth-order valence-corrected chi connectivity index (χ4v) is 2.35. The zero-order chi connectivity index (χ0) is 19.3. The molecule has 5 nitrogen and oxygen atoms in total. The molecule has 0 saturated carbocycles. The van der Waals surface area contributed by atoms with E-state index in [1.54, 1.807) is 30.3 Å². The molecule has 0 unspecified atom stereocenters. The van der Waals surface area contributed by atoms with Crippen LogP contribution in [0.5, 0.6) is 0 Å². The largest absolute Gasteiger partial charge is 0.332 e. The Morgan fingerprint density at radius 1 is 0.885 bits per heavy atom. The molecular weight excluding hydrogens is 346 g/mol. The summed E-state index contributed by atoms with van der Waals surface area (Å²) in [6.45, 7) is 7.63. The number of hydrogen-bond acceptors (Lipinski definition) is 3. The predicted molar refractivity (Wildman–Crippen MR) is 110 cm³/mol. The summed E-state index contributed by atoms with van der Waals surface area (Å²) in [6, 6.07) is 12.6. The Balaban J connectivity index is 1.93. The molecule has 0 atom stereocenters. The van der Waals surface area contributed by atoms with Crippen LogP contribution in [-0.4, -0.2) is 16.9 Å². The summed E-state index contributed by atoms with van der Waals surface area (Å²) in [7, 11) is 0. The van der Waals surface area contributed by atoms with Crippen molar-refractivity contribution >= 4 is 40.5 Å². The van der Waals surface area contributed by atoms with Crippen LogP contribution in [0.4, 0.5) is 11.4 Å². The SMILES string of the molecule is Cc1ccc(C(=O)NC(=S)Nc2ccc(NC(=O)C(C)C)cc2)cc1C. The van der Waals surface area contributed by atoms with Crippen molar-refractivity contribution in [3.05, 3.63) is 59.2 Å². The normalized spacial score (nSPS) is 10.3. The highest BCUT2D eigenvalue weighted by Crippen LogP contribution is 2.15. The van der Waals surface area contributed by atoms with Crippen LogP contribution in [0.2, 0.25) is 0 Å². The predicted octanol–water partition coefficient (Wildman–Crippen LogP) is 4.02. The van der Waals surface area contributed by atoms with E-state index in [0.29, 0.717) is 11.3 Å². The summed E-state index contributed by atoms with van der Waals surface area (Å²) >= 11 is 5.20. The highest BCUT2D eigenvalue weighted by atomic mass is 32.1. The van der Waals surface area contributed by atoms with Crippen LogP contribution >= 0.6 is 12.2 Å². The quantitative estimate of drug-likeness (QED) is 0.712. The Bertz CT molecular complexity index is 829. The van der Waals surface area contributed by atoms with Gasteiger partial charge in [-0.25, -0.2) is 0 Å². The molecule has 0 bridgehead atoms. The lowest BCUT2D eigenvalue weighted by Gasteiger charge is -2.12. The fraction of sp³-hybridized carbons (Fsp3) is 0.250. The molecule has 0 aliphatic heterocycles. The van der Waals surface area contributed by atoms with E-state index in [9.17, 15) is 9.59 Å². The first kappa shape index (κ1) is 19.6. The third-order valence-corrected chi connectivity index (χ3v) is 4.13. The second kappa shape index (κ2) is 8.58. The van der Waals surface area contributed by atoms with E-state index >= 15 is 0 Å². The van der Waals surface area contributed by atoms with Crippen LogP contribution in [0.3, 0.4) is 0 Å². The van der Waals surface area contributed by atoms with Crippen LogP contribution < -0.4 is 16.0 Å². The smallest absolute Gasteiger partial charge is 0.257 e. The van der Waals surface area contributed by atoms with E-state index in [4.69, 9.17) is 12.2 Å². The summed E-state index contributed by atoms with van der Waals surface area (Å²) in [5.74, 6) is -0.380. The monoisotopic (exact) mass is 369 g/mol. The maximum Gasteiger partial charge on any atom is 0.257 e. The van der Waals surface area contributed by atoms with E-state index in [0.717, 1.165) is 16.8 Å². The molecule has 3 N–H and O–H groups in total. The molecule has 2 aromatic rings. The minimum absolute atomic E-state index is 0.0399. The maximum atomic E-state index is 12.3. The Labute approximate surface area is 159 Å². The van der Waals surface area contributed by atoms with Crippen LogP contribution in [0.25, 0.3) is 0 Å². The average molecular weight is 369 g/mol. The van der Waals surface area contributed by atoms with Gasteiger partial charge in [-0.1, -0.05) is 19.9 Å². The number of aryl methyl sites for hydroxylation is 2. The molecule has 2 aromatic carbocycles. The molecule has 0 aliphatic carbocycles. The molecule has 6 heteroatoms. The second-order valence-corrected chi connectivity index (χ2v) is 6.84. The van der Waals surface area contributed by atoms with Gasteiger partial charge in [-0.05, 0) is 73.6 Å². The lowest BCUT2D eigenvalue weighted by Crippen LogP contribution is -2.34. The van der Waals surface area contributed by atoms with Crippen LogP contribution in [0.1, 0.15) is 35.3 Å². The minimum atomic E-state index is -0.258. The number of thiocarbonyl (C=S) groups is 1. The number of hydrogen-bond donors (Lipinski definition) is 3. The van der Waals surface area contributed by atoms with Crippen molar-refractivity contribution in [2.45, 2.75) is 27.7 Å². The van der Waals surface area contributed by atoms with Gasteiger partial charge in [0.05, 0.1) is 0 Å². The van der Waals surface area contributed by atoms with Gasteiger partial charge in [0.15, 0.2) is 5.11 Å². The molecule has 0 aliphatic rings. The van der Waals surface area contributed by atoms with Crippen molar-refractivity contribution in [1.29, 1.82) is 0 Å². The third-order valence-electron chi connectivity index (χ3n) is 3.93. The molecule has 0 aromatic heterocycles. The first-order valence-electron chi connectivity index (χ1n) is 8.37. The zero-order valence-corrected chi connectivity index (χ0v) is 16.2. The van der Waals surface area contributed by atoms with Crippen LogP contribution in [-0.2, 0) is 4.79 Å². The molecule has 0 saturated heterocycles. The van der Waals surface area contributed by atoms with Gasteiger partial charge in [-0.3, -0.25) is 14.9 Å². The maximum absolute atomic E-state index is 12.3. The van der Waals surface area contributed by atoms with E-state index in [-0.39, 0.29) is 22.8 Å². The molecule has 136 valence electrons. The number of anilines is 2. The molecule has 0 heterocycles. The fourth-order valence-electron chi connectivity index (χ4n) is 2.14. The molecular formula is C20H23N3O2S. The Morgan fingerprint density at radius 2 is 1.46 bits per heavy atom. The van der Waals surface area contributed by atoms with Gasteiger partial charge in [0.2, 0.25) is 5.91 Å². The summed E-state index contributed by atoms with van der Waals surface area (Å²) in [5, 5.41) is 8.65. The highest BCUT2D eigenvalue weighted by molar-refractivity contribution is 7.80. The first-order valence-corrected chi connectivity index (χ1v) is 8.77. The third kappa shape index (κ3) is 5.39. The Kier molecular flexibility index (Phi) is 6.46. The van der Waals surface area contributed by atoms with Gasteiger partial charge in [0.25, 0.3) is 5.91 Å². The topological polar surface area (TPSA) is 70.2 Å². The number of carbonyl (C=O) groups excluding carboxylic acids is 2. The summed E-state index contributed by atoms with van der Waals surface area (Å²) < 4.78 is 0. The van der Waals surface area contributed by atoms with E-state index in [1.165, 1.54) is 0 Å². The average Bonchev–Trinajstić information content (AvgIpc) is 2.58. The number of benzene rings is 2.